The standard InChI is InChI=1S/C51H36N6/c1-50(2)41-13-7-5-11-35(41)37-19-16-32(26-43(37)50)48-54-47(55-49(56-48)33-17-20-38-36-12-6-8-14-42(36)51(3,4)44(38)27-33)31-18-22-46-40(25-31)39-24-30(28-52)15-21-45(39)57(46)34-10-9-23-53-29-34/h5-27,29H,1-4H3. The molecule has 57 heavy (non-hydrogen) atoms. The van der Waals surface area contributed by atoms with Gasteiger partial charge in [0.1, 0.15) is 0 Å². The van der Waals surface area contributed by atoms with Crippen molar-refractivity contribution in [2.75, 3.05) is 0 Å². The first-order chi connectivity index (χ1) is 27.7. The van der Waals surface area contributed by atoms with E-state index in [2.05, 4.69) is 153 Å². The molecule has 3 aromatic heterocycles. The number of nitriles is 1. The van der Waals surface area contributed by atoms with Crippen LogP contribution in [0, 0.1) is 11.3 Å². The molecule has 0 atom stereocenters. The maximum Gasteiger partial charge on any atom is 0.164 e. The maximum absolute atomic E-state index is 9.89. The van der Waals surface area contributed by atoms with Gasteiger partial charge in [0.2, 0.25) is 0 Å². The summed E-state index contributed by atoms with van der Waals surface area (Å²) in [5, 5.41) is 11.9. The third-order valence-electron chi connectivity index (χ3n) is 12.4. The average molecular weight is 733 g/mol. The second kappa shape index (κ2) is 11.9. The molecule has 0 saturated carbocycles. The highest BCUT2D eigenvalue weighted by Crippen LogP contribution is 2.51. The summed E-state index contributed by atoms with van der Waals surface area (Å²) in [6, 6.07) is 49.2. The van der Waals surface area contributed by atoms with Gasteiger partial charge in [-0.05, 0) is 105 Å². The van der Waals surface area contributed by atoms with Crippen LogP contribution in [0.5, 0.6) is 0 Å². The van der Waals surface area contributed by atoms with Crippen molar-refractivity contribution in [3.05, 3.63) is 174 Å². The lowest BCUT2D eigenvalue weighted by molar-refractivity contribution is 0.660. The second-order valence-corrected chi connectivity index (χ2v) is 16.3. The zero-order valence-corrected chi connectivity index (χ0v) is 32.0. The fraction of sp³-hybridized carbons (Fsp3) is 0.118. The van der Waals surface area contributed by atoms with Crippen molar-refractivity contribution in [2.24, 2.45) is 0 Å². The number of hydrogen-bond acceptors (Lipinski definition) is 5. The van der Waals surface area contributed by atoms with Crippen molar-refractivity contribution in [1.82, 2.24) is 24.5 Å². The molecule has 9 aromatic rings. The van der Waals surface area contributed by atoms with E-state index >= 15 is 0 Å². The molecule has 0 amide bonds. The molecule has 0 bridgehead atoms. The lowest BCUT2D eigenvalue weighted by Crippen LogP contribution is -2.15. The molecule has 0 spiro atoms. The quantitative estimate of drug-likeness (QED) is 0.180. The SMILES string of the molecule is CC1(C)c2ccccc2-c2ccc(-c3nc(-c4ccc5c(c4)C(C)(C)c4ccccc4-5)nc(-c4ccc5c(c4)c4cc(C#N)ccc4n5-c4cccnc4)n3)cc21. The van der Waals surface area contributed by atoms with Crippen molar-refractivity contribution in [1.29, 1.82) is 5.26 Å². The summed E-state index contributed by atoms with van der Waals surface area (Å²) < 4.78 is 2.20. The Morgan fingerprint density at radius 2 is 0.982 bits per heavy atom. The first kappa shape index (κ1) is 33.1. The summed E-state index contributed by atoms with van der Waals surface area (Å²) >= 11 is 0. The summed E-state index contributed by atoms with van der Waals surface area (Å²) in [6.45, 7) is 9.19. The number of benzene rings is 6. The fourth-order valence-electron chi connectivity index (χ4n) is 9.45. The Labute approximate surface area is 330 Å². The lowest BCUT2D eigenvalue weighted by atomic mass is 9.82. The highest BCUT2D eigenvalue weighted by molar-refractivity contribution is 6.10. The summed E-state index contributed by atoms with van der Waals surface area (Å²) in [4.78, 5) is 20.2. The van der Waals surface area contributed by atoms with Gasteiger partial charge in [0.15, 0.2) is 17.5 Å². The molecule has 6 heteroatoms. The number of pyridine rings is 1. The molecule has 6 nitrogen and oxygen atoms in total. The number of rotatable bonds is 4. The van der Waals surface area contributed by atoms with Gasteiger partial charge in [-0.3, -0.25) is 4.98 Å². The Morgan fingerprint density at radius 3 is 1.53 bits per heavy atom. The number of nitrogens with zero attached hydrogens (tertiary/aromatic N) is 6. The Balaban J connectivity index is 1.13. The van der Waals surface area contributed by atoms with E-state index in [1.54, 1.807) is 6.20 Å². The van der Waals surface area contributed by atoms with E-state index in [4.69, 9.17) is 15.0 Å². The molecule has 0 radical (unpaired) electrons. The van der Waals surface area contributed by atoms with Gasteiger partial charge in [0, 0.05) is 44.5 Å². The van der Waals surface area contributed by atoms with E-state index < -0.39 is 0 Å². The first-order valence-corrected chi connectivity index (χ1v) is 19.4. The van der Waals surface area contributed by atoms with E-state index in [-0.39, 0.29) is 10.8 Å². The molecule has 2 aliphatic rings. The molecule has 0 N–H and O–H groups in total. The Kier molecular flexibility index (Phi) is 6.91. The normalized spacial score (nSPS) is 14.2. The molecule has 0 saturated heterocycles. The molecule has 0 unspecified atom stereocenters. The molecular weight excluding hydrogens is 697 g/mol. The van der Waals surface area contributed by atoms with Crippen LogP contribution in [-0.4, -0.2) is 24.5 Å². The minimum atomic E-state index is -0.170. The molecule has 0 fully saturated rings. The zero-order chi connectivity index (χ0) is 38.6. The maximum atomic E-state index is 9.89. The summed E-state index contributed by atoms with van der Waals surface area (Å²) in [7, 11) is 0. The van der Waals surface area contributed by atoms with Crippen LogP contribution in [0.25, 0.3) is 83.9 Å². The van der Waals surface area contributed by atoms with Gasteiger partial charge in [-0.25, -0.2) is 15.0 Å². The van der Waals surface area contributed by atoms with E-state index in [0.717, 1.165) is 44.2 Å². The van der Waals surface area contributed by atoms with E-state index in [1.807, 2.05) is 30.5 Å². The molecule has 0 aliphatic heterocycles. The van der Waals surface area contributed by atoms with Crippen LogP contribution in [0.1, 0.15) is 55.5 Å². The smallest absolute Gasteiger partial charge is 0.164 e. The molecule has 3 heterocycles. The van der Waals surface area contributed by atoms with Crippen LogP contribution >= 0.6 is 0 Å². The van der Waals surface area contributed by atoms with Gasteiger partial charge in [0.05, 0.1) is 34.6 Å². The van der Waals surface area contributed by atoms with Crippen molar-refractivity contribution in [3.63, 3.8) is 0 Å². The Hall–Kier alpha value is -7.23. The lowest BCUT2D eigenvalue weighted by Gasteiger charge is -2.22. The summed E-state index contributed by atoms with van der Waals surface area (Å²) in [5.74, 6) is 1.83. The zero-order valence-electron chi connectivity index (χ0n) is 32.0. The number of aromatic nitrogens is 5. The largest absolute Gasteiger partial charge is 0.308 e. The van der Waals surface area contributed by atoms with Crippen molar-refractivity contribution < 1.29 is 0 Å². The van der Waals surface area contributed by atoms with Crippen LogP contribution in [0.2, 0.25) is 0 Å². The highest BCUT2D eigenvalue weighted by atomic mass is 15.0. The topological polar surface area (TPSA) is 80.3 Å². The van der Waals surface area contributed by atoms with Gasteiger partial charge in [-0.2, -0.15) is 5.26 Å². The summed E-state index contributed by atoms with van der Waals surface area (Å²) in [5.41, 5.74) is 16.2. The molecular formula is C51H36N6. The van der Waals surface area contributed by atoms with Gasteiger partial charge in [-0.15, -0.1) is 0 Å². The molecule has 270 valence electrons. The van der Waals surface area contributed by atoms with Crippen LogP contribution in [0.4, 0.5) is 0 Å². The Morgan fingerprint density at radius 1 is 0.491 bits per heavy atom. The summed E-state index contributed by atoms with van der Waals surface area (Å²) in [6.07, 6.45) is 3.64. The predicted molar refractivity (Wildman–Crippen MR) is 228 cm³/mol. The second-order valence-electron chi connectivity index (χ2n) is 16.3. The predicted octanol–water partition coefficient (Wildman–Crippen LogP) is 11.8. The third-order valence-corrected chi connectivity index (χ3v) is 12.4. The average Bonchev–Trinajstić information content (AvgIpc) is 3.79. The van der Waals surface area contributed by atoms with Gasteiger partial charge in [0.25, 0.3) is 0 Å². The molecule has 2 aliphatic carbocycles. The first-order valence-electron chi connectivity index (χ1n) is 19.4. The van der Waals surface area contributed by atoms with Crippen LogP contribution in [-0.2, 0) is 10.8 Å². The minimum Gasteiger partial charge on any atom is -0.308 e. The van der Waals surface area contributed by atoms with Crippen LogP contribution < -0.4 is 0 Å². The minimum absolute atomic E-state index is 0.170. The number of fused-ring (bicyclic) bond motifs is 9. The van der Waals surface area contributed by atoms with Crippen LogP contribution in [0.15, 0.2) is 146 Å². The fourth-order valence-corrected chi connectivity index (χ4v) is 9.45. The van der Waals surface area contributed by atoms with Crippen molar-refractivity contribution in [3.8, 4) is 68.2 Å². The highest BCUT2D eigenvalue weighted by Gasteiger charge is 2.37. The van der Waals surface area contributed by atoms with Crippen molar-refractivity contribution >= 4 is 21.8 Å². The van der Waals surface area contributed by atoms with Gasteiger partial charge >= 0.3 is 0 Å². The monoisotopic (exact) mass is 732 g/mol. The van der Waals surface area contributed by atoms with E-state index in [1.165, 1.54) is 44.5 Å². The van der Waals surface area contributed by atoms with Gasteiger partial charge < -0.3 is 4.57 Å². The van der Waals surface area contributed by atoms with E-state index in [9.17, 15) is 5.26 Å². The number of hydrogen-bond donors (Lipinski definition) is 0. The van der Waals surface area contributed by atoms with Crippen LogP contribution in [0.3, 0.4) is 0 Å². The Bertz CT molecular complexity index is 3070. The third kappa shape index (κ3) is 4.82. The molecule has 11 rings (SSSR count). The van der Waals surface area contributed by atoms with E-state index in [0.29, 0.717) is 23.0 Å². The van der Waals surface area contributed by atoms with Gasteiger partial charge in [-0.1, -0.05) is 100 Å². The van der Waals surface area contributed by atoms with Crippen molar-refractivity contribution in [2.45, 2.75) is 38.5 Å². The molecule has 6 aromatic carbocycles.